The van der Waals surface area contributed by atoms with E-state index in [1.54, 1.807) is 0 Å². The van der Waals surface area contributed by atoms with Gasteiger partial charge in [-0.15, -0.1) is 0 Å². The topological polar surface area (TPSA) is 60.9 Å². The minimum absolute atomic E-state index is 0.137. The maximum Gasteiger partial charge on any atom is 0.307 e. The Hall–Kier alpha value is -1.10. The maximum atomic E-state index is 12.2. The number of carbonyl (C=O) groups is 2. The minimum Gasteiger partial charge on any atom is -0.481 e. The Morgan fingerprint density at radius 1 is 1.21 bits per heavy atom. The van der Waals surface area contributed by atoms with Crippen LogP contribution in [0.3, 0.4) is 0 Å². The number of aliphatic carboxylic acids is 1. The number of amides is 1. The van der Waals surface area contributed by atoms with Gasteiger partial charge in [-0.3, -0.25) is 14.5 Å². The molecule has 5 heteroatoms. The van der Waals surface area contributed by atoms with Gasteiger partial charge in [-0.05, 0) is 25.8 Å². The quantitative estimate of drug-likeness (QED) is 0.832. The SMILES string of the molecule is CN(C(=O)CN1CCC(C(=O)O)C1)C1CCCCC1. The largest absolute Gasteiger partial charge is 0.481 e. The molecule has 0 spiro atoms. The highest BCUT2D eigenvalue weighted by molar-refractivity contribution is 5.78. The number of likely N-dealkylation sites (tertiary alicyclic amines) is 1. The lowest BCUT2D eigenvalue weighted by Gasteiger charge is -2.32. The third-order valence-electron chi connectivity index (χ3n) is 4.50. The molecule has 1 heterocycles. The predicted molar refractivity (Wildman–Crippen MR) is 71.8 cm³/mol. The number of hydrogen-bond acceptors (Lipinski definition) is 3. The Kier molecular flexibility index (Phi) is 4.80. The predicted octanol–water partition coefficient (Wildman–Crippen LogP) is 1.18. The molecule has 1 N–H and O–H groups in total. The number of carboxylic acids is 1. The fraction of sp³-hybridized carbons (Fsp3) is 0.857. The Morgan fingerprint density at radius 2 is 1.89 bits per heavy atom. The molecule has 2 aliphatic rings. The van der Waals surface area contributed by atoms with Crippen LogP contribution in [0.4, 0.5) is 0 Å². The standard InChI is InChI=1S/C14H24N2O3/c1-15(12-5-3-2-4-6-12)13(17)10-16-8-7-11(9-16)14(18)19/h11-12H,2-10H2,1H3,(H,18,19). The minimum atomic E-state index is -0.740. The first-order valence-corrected chi connectivity index (χ1v) is 7.28. The Morgan fingerprint density at radius 3 is 2.47 bits per heavy atom. The van der Waals surface area contributed by atoms with Crippen LogP contribution in [-0.2, 0) is 9.59 Å². The summed E-state index contributed by atoms with van der Waals surface area (Å²) in [7, 11) is 1.89. The van der Waals surface area contributed by atoms with Crippen molar-refractivity contribution in [2.75, 3.05) is 26.7 Å². The van der Waals surface area contributed by atoms with Crippen LogP contribution in [0.25, 0.3) is 0 Å². The van der Waals surface area contributed by atoms with Crippen molar-refractivity contribution in [1.29, 1.82) is 0 Å². The van der Waals surface area contributed by atoms with Gasteiger partial charge >= 0.3 is 5.97 Å². The van der Waals surface area contributed by atoms with Crippen LogP contribution >= 0.6 is 0 Å². The molecule has 5 nitrogen and oxygen atoms in total. The highest BCUT2D eigenvalue weighted by atomic mass is 16.4. The first-order valence-electron chi connectivity index (χ1n) is 7.28. The first-order chi connectivity index (χ1) is 9.08. The molecule has 108 valence electrons. The number of carbonyl (C=O) groups excluding carboxylic acids is 1. The van der Waals surface area contributed by atoms with Gasteiger partial charge in [0.1, 0.15) is 0 Å². The molecule has 0 bridgehead atoms. The van der Waals surface area contributed by atoms with E-state index in [-0.39, 0.29) is 11.8 Å². The zero-order valence-corrected chi connectivity index (χ0v) is 11.7. The summed E-state index contributed by atoms with van der Waals surface area (Å²) >= 11 is 0. The second-order valence-electron chi connectivity index (χ2n) is 5.86. The molecular weight excluding hydrogens is 244 g/mol. The van der Waals surface area contributed by atoms with Crippen LogP contribution in [0.2, 0.25) is 0 Å². The number of nitrogens with zero attached hydrogens (tertiary/aromatic N) is 2. The summed E-state index contributed by atoms with van der Waals surface area (Å²) in [5.41, 5.74) is 0. The van der Waals surface area contributed by atoms with Crippen LogP contribution in [0.15, 0.2) is 0 Å². The summed E-state index contributed by atoms with van der Waals surface area (Å²) < 4.78 is 0. The van der Waals surface area contributed by atoms with E-state index < -0.39 is 5.97 Å². The smallest absolute Gasteiger partial charge is 0.307 e. The Balaban J connectivity index is 1.79. The van der Waals surface area contributed by atoms with Crippen molar-refractivity contribution in [2.24, 2.45) is 5.92 Å². The zero-order valence-electron chi connectivity index (χ0n) is 11.7. The van der Waals surface area contributed by atoms with E-state index in [9.17, 15) is 9.59 Å². The van der Waals surface area contributed by atoms with E-state index in [0.717, 1.165) is 19.4 Å². The third kappa shape index (κ3) is 3.69. The Labute approximate surface area is 114 Å². The van der Waals surface area contributed by atoms with Crippen molar-refractivity contribution in [2.45, 2.75) is 44.6 Å². The highest BCUT2D eigenvalue weighted by Gasteiger charge is 2.30. The lowest BCUT2D eigenvalue weighted by molar-refractivity contribution is -0.141. The number of rotatable bonds is 4. The summed E-state index contributed by atoms with van der Waals surface area (Å²) in [5.74, 6) is -0.902. The van der Waals surface area contributed by atoms with Gasteiger partial charge in [0.2, 0.25) is 5.91 Å². The van der Waals surface area contributed by atoms with Gasteiger partial charge in [0.05, 0.1) is 12.5 Å². The average molecular weight is 268 g/mol. The van der Waals surface area contributed by atoms with Crippen molar-refractivity contribution in [1.82, 2.24) is 9.80 Å². The molecule has 2 fully saturated rings. The summed E-state index contributed by atoms with van der Waals surface area (Å²) in [6, 6.07) is 0.388. The molecule has 1 aliphatic heterocycles. The molecule has 0 aromatic rings. The summed E-state index contributed by atoms with van der Waals surface area (Å²) in [6.07, 6.45) is 6.60. The van der Waals surface area contributed by atoms with Crippen LogP contribution in [0, 0.1) is 5.92 Å². The molecule has 1 amide bonds. The zero-order chi connectivity index (χ0) is 13.8. The van der Waals surface area contributed by atoms with Crippen LogP contribution in [-0.4, -0.2) is 59.5 Å². The fourth-order valence-electron chi connectivity index (χ4n) is 3.15. The van der Waals surface area contributed by atoms with Gasteiger partial charge < -0.3 is 10.0 Å². The third-order valence-corrected chi connectivity index (χ3v) is 4.50. The van der Waals surface area contributed by atoms with E-state index in [1.165, 1.54) is 19.3 Å². The van der Waals surface area contributed by atoms with Gasteiger partial charge in [-0.25, -0.2) is 0 Å². The second kappa shape index (κ2) is 6.37. The molecule has 19 heavy (non-hydrogen) atoms. The molecule has 0 aromatic heterocycles. The van der Waals surface area contributed by atoms with Crippen molar-refractivity contribution >= 4 is 11.9 Å². The van der Waals surface area contributed by atoms with E-state index in [1.807, 2.05) is 16.8 Å². The number of likely N-dealkylation sites (N-methyl/N-ethyl adjacent to an activating group) is 1. The summed E-state index contributed by atoms with van der Waals surface area (Å²) in [4.78, 5) is 27.0. The lowest BCUT2D eigenvalue weighted by Crippen LogP contribution is -2.43. The average Bonchev–Trinajstić information content (AvgIpc) is 2.87. The van der Waals surface area contributed by atoms with E-state index in [4.69, 9.17) is 5.11 Å². The summed E-state index contributed by atoms with van der Waals surface area (Å²) in [5, 5.41) is 8.96. The summed E-state index contributed by atoms with van der Waals surface area (Å²) in [6.45, 7) is 1.61. The monoisotopic (exact) mass is 268 g/mol. The van der Waals surface area contributed by atoms with E-state index in [2.05, 4.69) is 0 Å². The number of carboxylic acid groups (broad SMARTS) is 1. The first kappa shape index (κ1) is 14.3. The van der Waals surface area contributed by atoms with Gasteiger partial charge in [0.25, 0.3) is 0 Å². The molecular formula is C14H24N2O3. The molecule has 1 saturated heterocycles. The maximum absolute atomic E-state index is 12.2. The van der Waals surface area contributed by atoms with E-state index in [0.29, 0.717) is 25.6 Å². The van der Waals surface area contributed by atoms with Gasteiger partial charge in [-0.1, -0.05) is 19.3 Å². The highest BCUT2D eigenvalue weighted by Crippen LogP contribution is 2.22. The van der Waals surface area contributed by atoms with Crippen molar-refractivity contribution in [3.05, 3.63) is 0 Å². The van der Waals surface area contributed by atoms with E-state index >= 15 is 0 Å². The molecule has 1 aliphatic carbocycles. The normalized spacial score (nSPS) is 25.4. The molecule has 0 radical (unpaired) electrons. The Bertz CT molecular complexity index is 340. The fourth-order valence-corrected chi connectivity index (χ4v) is 3.15. The number of hydrogen-bond donors (Lipinski definition) is 1. The van der Waals surface area contributed by atoms with Gasteiger partial charge in [0.15, 0.2) is 0 Å². The molecule has 1 atom stereocenters. The second-order valence-corrected chi connectivity index (χ2v) is 5.86. The molecule has 0 aromatic carbocycles. The van der Waals surface area contributed by atoms with Gasteiger partial charge in [0, 0.05) is 19.6 Å². The molecule has 1 unspecified atom stereocenters. The van der Waals surface area contributed by atoms with Crippen molar-refractivity contribution in [3.63, 3.8) is 0 Å². The lowest BCUT2D eigenvalue weighted by atomic mass is 9.94. The molecule has 2 rings (SSSR count). The van der Waals surface area contributed by atoms with Gasteiger partial charge in [-0.2, -0.15) is 0 Å². The van der Waals surface area contributed by atoms with Crippen molar-refractivity contribution in [3.8, 4) is 0 Å². The van der Waals surface area contributed by atoms with Crippen LogP contribution < -0.4 is 0 Å². The van der Waals surface area contributed by atoms with Crippen molar-refractivity contribution < 1.29 is 14.7 Å². The van der Waals surface area contributed by atoms with Crippen LogP contribution in [0.5, 0.6) is 0 Å². The molecule has 1 saturated carbocycles. The van der Waals surface area contributed by atoms with Crippen LogP contribution in [0.1, 0.15) is 38.5 Å².